The van der Waals surface area contributed by atoms with Crippen LogP contribution in [0.1, 0.15) is 48.9 Å². The molecule has 106 valence electrons. The van der Waals surface area contributed by atoms with Crippen molar-refractivity contribution in [1.82, 2.24) is 4.90 Å². The summed E-state index contributed by atoms with van der Waals surface area (Å²) in [6, 6.07) is 10.3. The summed E-state index contributed by atoms with van der Waals surface area (Å²) in [5, 5.41) is 0. The van der Waals surface area contributed by atoms with Crippen LogP contribution in [0.5, 0.6) is 0 Å². The molecule has 1 fully saturated rings. The minimum atomic E-state index is 0. The molecule has 1 aliphatic carbocycles. The van der Waals surface area contributed by atoms with E-state index in [1.807, 2.05) is 30.3 Å². The number of carbonyl (C=O) groups excluding carboxylic acids is 1. The SMILES string of the molecule is CN(CCC(=O)c1ccccc1)C1CCCCC1.[Cl-]. The van der Waals surface area contributed by atoms with E-state index in [0.29, 0.717) is 12.5 Å². The molecule has 1 aromatic carbocycles. The van der Waals surface area contributed by atoms with Gasteiger partial charge in [-0.15, -0.1) is 0 Å². The highest BCUT2D eigenvalue weighted by Crippen LogP contribution is 2.21. The van der Waals surface area contributed by atoms with Gasteiger partial charge >= 0.3 is 0 Å². The highest BCUT2D eigenvalue weighted by molar-refractivity contribution is 5.96. The molecule has 1 saturated carbocycles. The van der Waals surface area contributed by atoms with E-state index in [-0.39, 0.29) is 18.2 Å². The van der Waals surface area contributed by atoms with Gasteiger partial charge < -0.3 is 17.3 Å². The Hall–Kier alpha value is -0.860. The van der Waals surface area contributed by atoms with E-state index in [2.05, 4.69) is 11.9 Å². The predicted molar refractivity (Wildman–Crippen MR) is 74.9 cm³/mol. The van der Waals surface area contributed by atoms with Gasteiger partial charge in [0.2, 0.25) is 0 Å². The van der Waals surface area contributed by atoms with E-state index in [1.54, 1.807) is 0 Å². The molecule has 0 saturated heterocycles. The maximum Gasteiger partial charge on any atom is 0.164 e. The normalized spacial score (nSPS) is 16.1. The lowest BCUT2D eigenvalue weighted by Crippen LogP contribution is -3.00. The first-order valence-electron chi connectivity index (χ1n) is 7.06. The van der Waals surface area contributed by atoms with Gasteiger partial charge in [-0.25, -0.2) is 0 Å². The maximum absolute atomic E-state index is 12.0. The van der Waals surface area contributed by atoms with E-state index in [4.69, 9.17) is 0 Å². The lowest BCUT2D eigenvalue weighted by molar-refractivity contribution is -0.0000119. The Balaban J connectivity index is 0.00000180. The second kappa shape index (κ2) is 8.34. The molecule has 0 aromatic heterocycles. The van der Waals surface area contributed by atoms with Crippen LogP contribution in [0, 0.1) is 0 Å². The van der Waals surface area contributed by atoms with Crippen LogP contribution in [0.3, 0.4) is 0 Å². The van der Waals surface area contributed by atoms with E-state index >= 15 is 0 Å². The molecular formula is C16H23ClNO-. The van der Waals surface area contributed by atoms with Crippen LogP contribution in [0.25, 0.3) is 0 Å². The lowest BCUT2D eigenvalue weighted by Gasteiger charge is -2.30. The van der Waals surface area contributed by atoms with Gasteiger partial charge in [0.25, 0.3) is 0 Å². The second-order valence-electron chi connectivity index (χ2n) is 5.31. The van der Waals surface area contributed by atoms with Crippen molar-refractivity contribution in [3.63, 3.8) is 0 Å². The van der Waals surface area contributed by atoms with E-state index in [1.165, 1.54) is 32.1 Å². The van der Waals surface area contributed by atoms with E-state index < -0.39 is 0 Å². The van der Waals surface area contributed by atoms with Gasteiger partial charge in [0.05, 0.1) is 0 Å². The number of benzene rings is 1. The Kier molecular flexibility index (Phi) is 7.11. The predicted octanol–water partition coefficient (Wildman–Crippen LogP) is 0.528. The quantitative estimate of drug-likeness (QED) is 0.734. The molecule has 0 bridgehead atoms. The molecule has 0 spiro atoms. The second-order valence-corrected chi connectivity index (χ2v) is 5.31. The van der Waals surface area contributed by atoms with Gasteiger partial charge in [-0.2, -0.15) is 0 Å². The third kappa shape index (κ3) is 4.96. The van der Waals surface area contributed by atoms with Crippen molar-refractivity contribution in [2.24, 2.45) is 0 Å². The van der Waals surface area contributed by atoms with Crippen molar-refractivity contribution in [1.29, 1.82) is 0 Å². The van der Waals surface area contributed by atoms with Crippen molar-refractivity contribution in [2.75, 3.05) is 13.6 Å². The number of ketones is 1. The minimum absolute atomic E-state index is 0. The molecule has 2 rings (SSSR count). The third-order valence-corrected chi connectivity index (χ3v) is 3.99. The summed E-state index contributed by atoms with van der Waals surface area (Å²) in [7, 11) is 2.16. The zero-order chi connectivity index (χ0) is 12.8. The summed E-state index contributed by atoms with van der Waals surface area (Å²) in [5.41, 5.74) is 0.842. The molecule has 3 heteroatoms. The number of rotatable bonds is 5. The molecule has 0 radical (unpaired) electrons. The Morgan fingerprint density at radius 1 is 1.16 bits per heavy atom. The number of hydrogen-bond donors (Lipinski definition) is 0. The monoisotopic (exact) mass is 280 g/mol. The first kappa shape index (κ1) is 16.2. The van der Waals surface area contributed by atoms with Gasteiger partial charge in [-0.05, 0) is 19.9 Å². The fourth-order valence-electron chi connectivity index (χ4n) is 2.75. The average molecular weight is 281 g/mol. The van der Waals surface area contributed by atoms with Crippen molar-refractivity contribution in [3.8, 4) is 0 Å². The van der Waals surface area contributed by atoms with E-state index in [9.17, 15) is 4.79 Å². The summed E-state index contributed by atoms with van der Waals surface area (Å²) in [5.74, 6) is 0.262. The first-order valence-corrected chi connectivity index (χ1v) is 7.06. The van der Waals surface area contributed by atoms with Gasteiger partial charge in [0, 0.05) is 24.6 Å². The third-order valence-electron chi connectivity index (χ3n) is 3.99. The number of hydrogen-bond acceptors (Lipinski definition) is 2. The van der Waals surface area contributed by atoms with Crippen LogP contribution in [0.2, 0.25) is 0 Å². The van der Waals surface area contributed by atoms with Gasteiger partial charge in [-0.3, -0.25) is 4.79 Å². The Labute approximate surface area is 122 Å². The molecule has 0 N–H and O–H groups in total. The molecule has 0 aliphatic heterocycles. The van der Waals surface area contributed by atoms with Crippen LogP contribution in [-0.4, -0.2) is 30.3 Å². The lowest BCUT2D eigenvalue weighted by atomic mass is 9.94. The number of halogens is 1. The highest BCUT2D eigenvalue weighted by atomic mass is 35.5. The number of nitrogens with zero attached hydrogens (tertiary/aromatic N) is 1. The van der Waals surface area contributed by atoms with Crippen molar-refractivity contribution in [3.05, 3.63) is 35.9 Å². The van der Waals surface area contributed by atoms with E-state index in [0.717, 1.165) is 12.1 Å². The summed E-state index contributed by atoms with van der Waals surface area (Å²) in [6.45, 7) is 0.887. The fraction of sp³-hybridized carbons (Fsp3) is 0.562. The fourth-order valence-corrected chi connectivity index (χ4v) is 2.75. The summed E-state index contributed by atoms with van der Waals surface area (Å²) < 4.78 is 0. The summed E-state index contributed by atoms with van der Waals surface area (Å²) >= 11 is 0. The average Bonchev–Trinajstić information content (AvgIpc) is 2.46. The largest absolute Gasteiger partial charge is 1.00 e. The van der Waals surface area contributed by atoms with Gasteiger partial charge in [0.15, 0.2) is 5.78 Å². The Morgan fingerprint density at radius 3 is 2.42 bits per heavy atom. The van der Waals surface area contributed by atoms with Crippen LogP contribution in [0.15, 0.2) is 30.3 Å². The molecule has 2 nitrogen and oxygen atoms in total. The topological polar surface area (TPSA) is 20.3 Å². The Bertz CT molecular complexity index is 374. The van der Waals surface area contributed by atoms with Crippen LogP contribution >= 0.6 is 0 Å². The van der Waals surface area contributed by atoms with Crippen LogP contribution in [-0.2, 0) is 0 Å². The zero-order valence-electron chi connectivity index (χ0n) is 11.6. The molecule has 1 aromatic rings. The molecule has 0 unspecified atom stereocenters. The van der Waals surface area contributed by atoms with Crippen molar-refractivity contribution < 1.29 is 17.2 Å². The maximum atomic E-state index is 12.0. The van der Waals surface area contributed by atoms with Gasteiger partial charge in [-0.1, -0.05) is 49.6 Å². The van der Waals surface area contributed by atoms with Crippen LogP contribution in [0.4, 0.5) is 0 Å². The first-order chi connectivity index (χ1) is 8.77. The Morgan fingerprint density at radius 2 is 1.79 bits per heavy atom. The molecule has 0 atom stereocenters. The van der Waals surface area contributed by atoms with Gasteiger partial charge in [0.1, 0.15) is 0 Å². The molecule has 0 heterocycles. The highest BCUT2D eigenvalue weighted by Gasteiger charge is 2.18. The smallest absolute Gasteiger partial charge is 0.164 e. The zero-order valence-corrected chi connectivity index (χ0v) is 12.4. The number of carbonyl (C=O) groups is 1. The molecule has 0 amide bonds. The van der Waals surface area contributed by atoms with Crippen molar-refractivity contribution in [2.45, 2.75) is 44.6 Å². The number of Topliss-reactive ketones (excluding diaryl/α,β-unsaturated/α-hetero) is 1. The summed E-state index contributed by atoms with van der Waals surface area (Å²) in [6.07, 6.45) is 7.32. The molecular weight excluding hydrogens is 258 g/mol. The minimum Gasteiger partial charge on any atom is -1.00 e. The summed E-state index contributed by atoms with van der Waals surface area (Å²) in [4.78, 5) is 14.4. The standard InChI is InChI=1S/C16H23NO.ClH/c1-17(15-10-6-3-7-11-15)13-12-16(18)14-8-4-2-5-9-14;/h2,4-5,8-9,15H,3,6-7,10-13H2,1H3;1H/p-1. The molecule has 1 aliphatic rings. The molecule has 19 heavy (non-hydrogen) atoms. The van der Waals surface area contributed by atoms with Crippen LogP contribution < -0.4 is 12.4 Å². The van der Waals surface area contributed by atoms with Crippen molar-refractivity contribution >= 4 is 5.78 Å².